The van der Waals surface area contributed by atoms with Crippen LogP contribution in [0.3, 0.4) is 0 Å². The third-order valence-electron chi connectivity index (χ3n) is 1.93. The molecule has 0 radical (unpaired) electrons. The third-order valence-corrected chi connectivity index (χ3v) is 1.93. The molecule has 0 unspecified atom stereocenters. The standard InChI is InChI=1S/C10H12N6/c1-7-2-13-9(5-12-7)6-16-10-14-3-8(11)4-15-10/h2-5H,6,11H2,1H3,(H,14,15,16). The molecule has 0 bridgehead atoms. The van der Waals surface area contributed by atoms with Crippen LogP contribution in [0.15, 0.2) is 24.8 Å². The second-order valence-corrected chi connectivity index (χ2v) is 3.34. The van der Waals surface area contributed by atoms with Gasteiger partial charge in [0.05, 0.1) is 42.2 Å². The Morgan fingerprint density at radius 3 is 2.44 bits per heavy atom. The molecule has 82 valence electrons. The number of anilines is 2. The summed E-state index contributed by atoms with van der Waals surface area (Å²) in [4.78, 5) is 16.4. The highest BCUT2D eigenvalue weighted by Crippen LogP contribution is 2.02. The average Bonchev–Trinajstić information content (AvgIpc) is 2.30. The molecule has 2 heterocycles. The molecule has 0 spiro atoms. The van der Waals surface area contributed by atoms with E-state index in [1.54, 1.807) is 24.8 Å². The summed E-state index contributed by atoms with van der Waals surface area (Å²) in [5.41, 5.74) is 7.75. The molecule has 16 heavy (non-hydrogen) atoms. The van der Waals surface area contributed by atoms with E-state index in [1.807, 2.05) is 6.92 Å². The summed E-state index contributed by atoms with van der Waals surface area (Å²) in [5.74, 6) is 0.525. The van der Waals surface area contributed by atoms with Gasteiger partial charge >= 0.3 is 0 Å². The minimum Gasteiger partial charge on any atom is -0.396 e. The second kappa shape index (κ2) is 4.52. The molecule has 6 nitrogen and oxygen atoms in total. The molecule has 0 saturated heterocycles. The van der Waals surface area contributed by atoms with Crippen LogP contribution < -0.4 is 11.1 Å². The Labute approximate surface area is 93.0 Å². The van der Waals surface area contributed by atoms with E-state index in [9.17, 15) is 0 Å². The number of rotatable bonds is 3. The Kier molecular flexibility index (Phi) is 2.90. The molecule has 0 aliphatic carbocycles. The fourth-order valence-electron chi connectivity index (χ4n) is 1.11. The maximum Gasteiger partial charge on any atom is 0.223 e. The van der Waals surface area contributed by atoms with Crippen molar-refractivity contribution in [2.45, 2.75) is 13.5 Å². The van der Waals surface area contributed by atoms with Crippen LogP contribution in [0.5, 0.6) is 0 Å². The average molecular weight is 216 g/mol. The summed E-state index contributed by atoms with van der Waals surface area (Å²) in [7, 11) is 0. The highest BCUT2D eigenvalue weighted by Gasteiger charge is 1.97. The number of nitrogens with zero attached hydrogens (tertiary/aromatic N) is 4. The van der Waals surface area contributed by atoms with Gasteiger partial charge in [-0.25, -0.2) is 9.97 Å². The first-order valence-corrected chi connectivity index (χ1v) is 4.83. The summed E-state index contributed by atoms with van der Waals surface area (Å²) in [5, 5.41) is 3.03. The van der Waals surface area contributed by atoms with Crippen LogP contribution in [0, 0.1) is 6.92 Å². The van der Waals surface area contributed by atoms with Crippen molar-refractivity contribution in [3.63, 3.8) is 0 Å². The summed E-state index contributed by atoms with van der Waals surface area (Å²) >= 11 is 0. The van der Waals surface area contributed by atoms with Crippen LogP contribution in [-0.2, 0) is 6.54 Å². The van der Waals surface area contributed by atoms with E-state index in [-0.39, 0.29) is 0 Å². The van der Waals surface area contributed by atoms with E-state index in [0.717, 1.165) is 11.4 Å². The maximum atomic E-state index is 5.48. The number of hydrogen-bond acceptors (Lipinski definition) is 6. The van der Waals surface area contributed by atoms with Crippen LogP contribution in [0.1, 0.15) is 11.4 Å². The smallest absolute Gasteiger partial charge is 0.223 e. The van der Waals surface area contributed by atoms with E-state index in [1.165, 1.54) is 0 Å². The molecule has 2 rings (SSSR count). The van der Waals surface area contributed by atoms with Gasteiger partial charge in [0.25, 0.3) is 0 Å². The molecular formula is C10H12N6. The van der Waals surface area contributed by atoms with Gasteiger partial charge in [0.1, 0.15) is 0 Å². The maximum absolute atomic E-state index is 5.48. The normalized spacial score (nSPS) is 10.1. The van der Waals surface area contributed by atoms with Crippen molar-refractivity contribution in [3.05, 3.63) is 36.2 Å². The predicted molar refractivity (Wildman–Crippen MR) is 60.5 cm³/mol. The largest absolute Gasteiger partial charge is 0.396 e. The number of aryl methyl sites for hydroxylation is 1. The van der Waals surface area contributed by atoms with Crippen LogP contribution in [0.2, 0.25) is 0 Å². The molecule has 0 aliphatic rings. The first-order valence-electron chi connectivity index (χ1n) is 4.83. The SMILES string of the molecule is Cc1cnc(CNc2ncc(N)cn2)cn1. The molecule has 2 aromatic rings. The van der Waals surface area contributed by atoms with Crippen molar-refractivity contribution in [3.8, 4) is 0 Å². The molecule has 0 amide bonds. The second-order valence-electron chi connectivity index (χ2n) is 3.34. The quantitative estimate of drug-likeness (QED) is 0.787. The summed E-state index contributed by atoms with van der Waals surface area (Å²) < 4.78 is 0. The van der Waals surface area contributed by atoms with Crippen molar-refractivity contribution in [1.82, 2.24) is 19.9 Å². The molecule has 0 aromatic carbocycles. The number of hydrogen-bond donors (Lipinski definition) is 2. The Hall–Kier alpha value is -2.24. The van der Waals surface area contributed by atoms with Gasteiger partial charge in [-0.05, 0) is 6.92 Å². The Balaban J connectivity index is 1.97. The summed E-state index contributed by atoms with van der Waals surface area (Å²) in [6.45, 7) is 2.44. The number of nitrogens with one attached hydrogen (secondary N) is 1. The lowest BCUT2D eigenvalue weighted by Crippen LogP contribution is -2.05. The minimum absolute atomic E-state index is 0.525. The number of aromatic nitrogens is 4. The fraction of sp³-hybridized carbons (Fsp3) is 0.200. The van der Waals surface area contributed by atoms with Gasteiger partial charge < -0.3 is 11.1 Å². The molecule has 2 aromatic heterocycles. The van der Waals surface area contributed by atoms with Gasteiger partial charge in [0.2, 0.25) is 5.95 Å². The van der Waals surface area contributed by atoms with Gasteiger partial charge in [0.15, 0.2) is 0 Å². The molecule has 0 atom stereocenters. The van der Waals surface area contributed by atoms with Gasteiger partial charge in [-0.15, -0.1) is 0 Å². The van der Waals surface area contributed by atoms with Crippen molar-refractivity contribution in [2.75, 3.05) is 11.1 Å². The first kappa shape index (κ1) is 10.3. The molecule has 6 heteroatoms. The highest BCUT2D eigenvalue weighted by molar-refractivity contribution is 5.35. The Morgan fingerprint density at radius 1 is 1.06 bits per heavy atom. The molecule has 3 N–H and O–H groups in total. The van der Waals surface area contributed by atoms with E-state index < -0.39 is 0 Å². The topological polar surface area (TPSA) is 89.6 Å². The van der Waals surface area contributed by atoms with Crippen molar-refractivity contribution >= 4 is 11.6 Å². The van der Waals surface area contributed by atoms with Gasteiger partial charge in [-0.2, -0.15) is 0 Å². The van der Waals surface area contributed by atoms with Crippen molar-refractivity contribution in [2.24, 2.45) is 0 Å². The van der Waals surface area contributed by atoms with Crippen LogP contribution in [0.4, 0.5) is 11.6 Å². The minimum atomic E-state index is 0.525. The van der Waals surface area contributed by atoms with Gasteiger partial charge in [-0.1, -0.05) is 0 Å². The lowest BCUT2D eigenvalue weighted by Gasteiger charge is -2.03. The zero-order chi connectivity index (χ0) is 11.4. The Bertz CT molecular complexity index is 404. The molecule has 0 saturated carbocycles. The van der Waals surface area contributed by atoms with E-state index in [4.69, 9.17) is 5.73 Å². The van der Waals surface area contributed by atoms with Crippen LogP contribution in [0.25, 0.3) is 0 Å². The summed E-state index contributed by atoms with van der Waals surface area (Å²) in [6, 6.07) is 0. The number of nitrogen functional groups attached to an aromatic ring is 1. The van der Waals surface area contributed by atoms with E-state index in [2.05, 4.69) is 25.3 Å². The van der Waals surface area contributed by atoms with Crippen LogP contribution >= 0.6 is 0 Å². The zero-order valence-corrected chi connectivity index (χ0v) is 8.88. The van der Waals surface area contributed by atoms with Gasteiger partial charge in [0, 0.05) is 6.20 Å². The zero-order valence-electron chi connectivity index (χ0n) is 8.88. The number of nitrogens with two attached hydrogens (primary N) is 1. The lowest BCUT2D eigenvalue weighted by molar-refractivity contribution is 0.963. The molecular weight excluding hydrogens is 204 g/mol. The van der Waals surface area contributed by atoms with Gasteiger partial charge in [-0.3, -0.25) is 9.97 Å². The third kappa shape index (κ3) is 2.63. The summed E-state index contributed by atoms with van der Waals surface area (Å²) in [6.07, 6.45) is 6.55. The first-order chi connectivity index (χ1) is 7.74. The van der Waals surface area contributed by atoms with Crippen molar-refractivity contribution in [1.29, 1.82) is 0 Å². The highest BCUT2D eigenvalue weighted by atomic mass is 15.1. The van der Waals surface area contributed by atoms with E-state index in [0.29, 0.717) is 18.2 Å². The van der Waals surface area contributed by atoms with Crippen molar-refractivity contribution < 1.29 is 0 Å². The fourth-order valence-corrected chi connectivity index (χ4v) is 1.11. The van der Waals surface area contributed by atoms with Crippen LogP contribution in [-0.4, -0.2) is 19.9 Å². The molecule has 0 fully saturated rings. The Morgan fingerprint density at radius 2 is 1.81 bits per heavy atom. The predicted octanol–water partition coefficient (Wildman–Crippen LogP) is 0.769. The molecule has 0 aliphatic heterocycles. The monoisotopic (exact) mass is 216 g/mol. The van der Waals surface area contributed by atoms with E-state index >= 15 is 0 Å². The lowest BCUT2D eigenvalue weighted by atomic mass is 10.4.